The fraction of sp³-hybridized carbons (Fsp3) is 0.231. The highest BCUT2D eigenvalue weighted by molar-refractivity contribution is 9.10. The van der Waals surface area contributed by atoms with Gasteiger partial charge in [-0.1, -0.05) is 0 Å². The first kappa shape index (κ1) is 13.6. The van der Waals surface area contributed by atoms with Crippen molar-refractivity contribution in [1.82, 2.24) is 9.55 Å². The summed E-state index contributed by atoms with van der Waals surface area (Å²) in [6, 6.07) is 3.38. The number of ether oxygens (including phenoxy) is 2. The van der Waals surface area contributed by atoms with Gasteiger partial charge in [0.2, 0.25) is 5.78 Å². The molecule has 0 aliphatic rings. The van der Waals surface area contributed by atoms with Gasteiger partial charge >= 0.3 is 0 Å². The van der Waals surface area contributed by atoms with Crippen LogP contribution in [0.25, 0.3) is 0 Å². The summed E-state index contributed by atoms with van der Waals surface area (Å²) in [5.41, 5.74) is 0.435. The van der Waals surface area contributed by atoms with E-state index in [0.29, 0.717) is 27.4 Å². The molecule has 0 unspecified atom stereocenters. The Balaban J connectivity index is 2.54. The number of rotatable bonds is 4. The largest absolute Gasteiger partial charge is 0.495 e. The number of hydrogen-bond acceptors (Lipinski definition) is 4. The lowest BCUT2D eigenvalue weighted by molar-refractivity contribution is 0.102. The Morgan fingerprint density at radius 1 is 1.32 bits per heavy atom. The van der Waals surface area contributed by atoms with Gasteiger partial charge in [-0.05, 0) is 28.1 Å². The van der Waals surface area contributed by atoms with Gasteiger partial charge in [-0.25, -0.2) is 4.98 Å². The molecule has 0 saturated carbocycles. The Morgan fingerprint density at radius 2 is 2.05 bits per heavy atom. The molecule has 19 heavy (non-hydrogen) atoms. The number of aryl methyl sites for hydroxylation is 1. The lowest BCUT2D eigenvalue weighted by Gasteiger charge is -2.12. The first-order valence-electron chi connectivity index (χ1n) is 5.52. The number of halogens is 1. The fourth-order valence-corrected chi connectivity index (χ4v) is 2.45. The summed E-state index contributed by atoms with van der Waals surface area (Å²) in [4.78, 5) is 16.5. The van der Waals surface area contributed by atoms with Crippen LogP contribution in [0.2, 0.25) is 0 Å². The van der Waals surface area contributed by atoms with Crippen molar-refractivity contribution in [2.45, 2.75) is 0 Å². The van der Waals surface area contributed by atoms with E-state index in [-0.39, 0.29) is 5.78 Å². The molecule has 0 atom stereocenters. The highest BCUT2D eigenvalue weighted by Crippen LogP contribution is 2.37. The number of carbonyl (C=O) groups excluding carboxylic acids is 1. The third kappa shape index (κ3) is 2.35. The van der Waals surface area contributed by atoms with Crippen LogP contribution in [0.15, 0.2) is 29.0 Å². The van der Waals surface area contributed by atoms with Crippen LogP contribution in [0.1, 0.15) is 16.2 Å². The molecule has 1 heterocycles. The van der Waals surface area contributed by atoms with E-state index in [1.807, 2.05) is 0 Å². The van der Waals surface area contributed by atoms with E-state index >= 15 is 0 Å². The molecule has 0 aliphatic heterocycles. The molecule has 5 nitrogen and oxygen atoms in total. The average molecular weight is 325 g/mol. The van der Waals surface area contributed by atoms with E-state index in [1.54, 1.807) is 43.3 Å². The number of nitrogens with zero attached hydrogens (tertiary/aromatic N) is 2. The Hall–Kier alpha value is -1.82. The normalized spacial score (nSPS) is 10.3. The van der Waals surface area contributed by atoms with Gasteiger partial charge in [0.1, 0.15) is 16.0 Å². The number of imidazole rings is 1. The maximum Gasteiger partial charge on any atom is 0.232 e. The molecule has 0 aliphatic carbocycles. The lowest BCUT2D eigenvalue weighted by atomic mass is 10.1. The summed E-state index contributed by atoms with van der Waals surface area (Å²) in [6.07, 6.45) is 3.30. The number of carbonyl (C=O) groups is 1. The predicted octanol–water partition coefficient (Wildman–Crippen LogP) is 2.43. The molecule has 0 N–H and O–H groups in total. The molecule has 100 valence electrons. The molecule has 0 fully saturated rings. The molecule has 0 spiro atoms. The molecule has 1 aromatic carbocycles. The first-order chi connectivity index (χ1) is 9.10. The molecular weight excluding hydrogens is 312 g/mol. The smallest absolute Gasteiger partial charge is 0.232 e. The Kier molecular flexibility index (Phi) is 3.90. The van der Waals surface area contributed by atoms with Crippen LogP contribution in [-0.2, 0) is 7.05 Å². The fourth-order valence-electron chi connectivity index (χ4n) is 1.78. The van der Waals surface area contributed by atoms with Gasteiger partial charge < -0.3 is 14.0 Å². The quantitative estimate of drug-likeness (QED) is 0.810. The summed E-state index contributed by atoms with van der Waals surface area (Å²) < 4.78 is 12.7. The zero-order chi connectivity index (χ0) is 14.0. The van der Waals surface area contributed by atoms with Gasteiger partial charge in [-0.3, -0.25) is 4.79 Å². The van der Waals surface area contributed by atoms with E-state index in [9.17, 15) is 4.79 Å². The van der Waals surface area contributed by atoms with Gasteiger partial charge in [0.05, 0.1) is 19.8 Å². The second-order valence-corrected chi connectivity index (χ2v) is 4.65. The summed E-state index contributed by atoms with van der Waals surface area (Å²) in [7, 11) is 4.83. The maximum atomic E-state index is 12.4. The van der Waals surface area contributed by atoms with Crippen LogP contribution in [-0.4, -0.2) is 29.6 Å². The summed E-state index contributed by atoms with van der Waals surface area (Å²) in [5, 5.41) is 0. The van der Waals surface area contributed by atoms with Gasteiger partial charge in [-0.2, -0.15) is 0 Å². The molecule has 2 aromatic rings. The average Bonchev–Trinajstić information content (AvgIpc) is 2.83. The highest BCUT2D eigenvalue weighted by atomic mass is 79.9. The molecular formula is C13H13BrN2O3. The Labute approximate surface area is 119 Å². The molecule has 0 amide bonds. The van der Waals surface area contributed by atoms with E-state index < -0.39 is 0 Å². The minimum atomic E-state index is -0.201. The van der Waals surface area contributed by atoms with Crippen molar-refractivity contribution in [2.75, 3.05) is 14.2 Å². The van der Waals surface area contributed by atoms with E-state index in [2.05, 4.69) is 20.9 Å². The molecule has 1 aromatic heterocycles. The van der Waals surface area contributed by atoms with Gasteiger partial charge in [0, 0.05) is 19.4 Å². The topological polar surface area (TPSA) is 53.3 Å². The van der Waals surface area contributed by atoms with Gasteiger partial charge in [-0.15, -0.1) is 0 Å². The number of benzene rings is 1. The molecule has 0 radical (unpaired) electrons. The number of ketones is 1. The number of aromatic nitrogens is 2. The summed E-state index contributed by atoms with van der Waals surface area (Å²) >= 11 is 3.37. The SMILES string of the molecule is COc1ccc(C(=O)c2nccn2C)c(OC)c1Br. The summed E-state index contributed by atoms with van der Waals surface area (Å²) in [6.45, 7) is 0. The van der Waals surface area contributed by atoms with Crippen LogP contribution in [0, 0.1) is 0 Å². The van der Waals surface area contributed by atoms with E-state index in [4.69, 9.17) is 9.47 Å². The van der Waals surface area contributed by atoms with Crippen molar-refractivity contribution in [1.29, 1.82) is 0 Å². The van der Waals surface area contributed by atoms with Crippen LogP contribution < -0.4 is 9.47 Å². The van der Waals surface area contributed by atoms with Crippen molar-refractivity contribution in [2.24, 2.45) is 7.05 Å². The van der Waals surface area contributed by atoms with Crippen LogP contribution in [0.3, 0.4) is 0 Å². The maximum absolute atomic E-state index is 12.4. The minimum absolute atomic E-state index is 0.201. The minimum Gasteiger partial charge on any atom is -0.495 e. The second-order valence-electron chi connectivity index (χ2n) is 3.85. The zero-order valence-corrected chi connectivity index (χ0v) is 12.4. The molecule has 6 heteroatoms. The van der Waals surface area contributed by atoms with Crippen molar-refractivity contribution in [3.63, 3.8) is 0 Å². The number of hydrogen-bond donors (Lipinski definition) is 0. The van der Waals surface area contributed by atoms with E-state index in [0.717, 1.165) is 0 Å². The van der Waals surface area contributed by atoms with Gasteiger partial charge in [0.15, 0.2) is 5.82 Å². The third-order valence-corrected chi connectivity index (χ3v) is 3.51. The standard InChI is InChI=1S/C13H13BrN2O3/c1-16-7-6-15-13(16)11(17)8-4-5-9(18-2)10(14)12(8)19-3/h4-7H,1-3H3. The van der Waals surface area contributed by atoms with Crippen LogP contribution >= 0.6 is 15.9 Å². The van der Waals surface area contributed by atoms with Crippen molar-refractivity contribution >= 4 is 21.7 Å². The molecule has 2 rings (SSSR count). The Morgan fingerprint density at radius 3 is 2.58 bits per heavy atom. The Bertz CT molecular complexity index is 622. The van der Waals surface area contributed by atoms with Crippen molar-refractivity contribution < 1.29 is 14.3 Å². The van der Waals surface area contributed by atoms with Crippen molar-refractivity contribution in [3.8, 4) is 11.5 Å². The first-order valence-corrected chi connectivity index (χ1v) is 6.32. The highest BCUT2D eigenvalue weighted by Gasteiger charge is 2.21. The lowest BCUT2D eigenvalue weighted by Crippen LogP contribution is -2.10. The van der Waals surface area contributed by atoms with E-state index in [1.165, 1.54) is 7.11 Å². The molecule has 0 bridgehead atoms. The zero-order valence-electron chi connectivity index (χ0n) is 10.8. The number of methoxy groups -OCH3 is 2. The van der Waals surface area contributed by atoms with Crippen molar-refractivity contribution in [3.05, 3.63) is 40.4 Å². The second kappa shape index (κ2) is 5.44. The monoisotopic (exact) mass is 324 g/mol. The summed E-state index contributed by atoms with van der Waals surface area (Å²) in [5.74, 6) is 1.20. The van der Waals surface area contributed by atoms with Crippen LogP contribution in [0.5, 0.6) is 11.5 Å². The third-order valence-electron chi connectivity index (χ3n) is 2.75. The van der Waals surface area contributed by atoms with Gasteiger partial charge in [0.25, 0.3) is 0 Å². The predicted molar refractivity (Wildman–Crippen MR) is 73.9 cm³/mol. The van der Waals surface area contributed by atoms with Crippen LogP contribution in [0.4, 0.5) is 0 Å². The molecule has 0 saturated heterocycles.